The molecule has 1 rings (SSSR count). The van der Waals surface area contributed by atoms with Gasteiger partial charge in [-0.25, -0.2) is 17.2 Å². The molecule has 0 saturated heterocycles. The van der Waals surface area contributed by atoms with Crippen LogP contribution in [0.15, 0.2) is 12.1 Å². The molecular formula is C11H14F2O3S. The molecule has 0 fully saturated rings. The van der Waals surface area contributed by atoms with Crippen LogP contribution >= 0.6 is 0 Å². The summed E-state index contributed by atoms with van der Waals surface area (Å²) in [6.45, 7) is 1.45. The Morgan fingerprint density at radius 2 is 1.94 bits per heavy atom. The molecule has 1 aromatic carbocycles. The number of sulfone groups is 1. The summed E-state index contributed by atoms with van der Waals surface area (Å²) in [7, 11) is -3.27. The van der Waals surface area contributed by atoms with E-state index < -0.39 is 33.1 Å². The Balaban J connectivity index is 2.96. The van der Waals surface area contributed by atoms with Gasteiger partial charge in [-0.15, -0.1) is 0 Å². The Morgan fingerprint density at radius 3 is 2.47 bits per heavy atom. The van der Waals surface area contributed by atoms with Crippen molar-refractivity contribution in [3.63, 3.8) is 0 Å². The average molecular weight is 264 g/mol. The van der Waals surface area contributed by atoms with Crippen LogP contribution in [0.2, 0.25) is 0 Å². The molecular weight excluding hydrogens is 250 g/mol. The third-order valence-corrected chi connectivity index (χ3v) is 3.39. The van der Waals surface area contributed by atoms with Crippen LogP contribution in [0.3, 0.4) is 0 Å². The molecule has 1 atom stereocenters. The monoisotopic (exact) mass is 264 g/mol. The Hall–Kier alpha value is -1.01. The molecule has 1 unspecified atom stereocenters. The Labute approximate surface area is 99.0 Å². The van der Waals surface area contributed by atoms with Crippen molar-refractivity contribution in [3.8, 4) is 0 Å². The zero-order chi connectivity index (χ0) is 13.2. The van der Waals surface area contributed by atoms with Crippen LogP contribution < -0.4 is 0 Å². The highest BCUT2D eigenvalue weighted by atomic mass is 32.2. The molecule has 6 heteroatoms. The van der Waals surface area contributed by atoms with Gasteiger partial charge in [0.15, 0.2) is 0 Å². The molecule has 0 bridgehead atoms. The van der Waals surface area contributed by atoms with E-state index in [9.17, 15) is 22.3 Å². The molecule has 0 aromatic heterocycles. The quantitative estimate of drug-likeness (QED) is 0.901. The number of hydrogen-bond donors (Lipinski definition) is 1. The topological polar surface area (TPSA) is 54.4 Å². The van der Waals surface area contributed by atoms with E-state index in [1.54, 1.807) is 0 Å². The van der Waals surface area contributed by atoms with Crippen molar-refractivity contribution >= 4 is 9.84 Å². The van der Waals surface area contributed by atoms with Gasteiger partial charge < -0.3 is 5.11 Å². The SMILES string of the molecule is Cc1ccc(F)c(C(O)CCS(C)(=O)=O)c1F. The van der Waals surface area contributed by atoms with Crippen molar-refractivity contribution in [3.05, 3.63) is 34.9 Å². The van der Waals surface area contributed by atoms with Crippen LogP contribution in [0, 0.1) is 18.6 Å². The maximum Gasteiger partial charge on any atom is 0.147 e. The summed E-state index contributed by atoms with van der Waals surface area (Å²) in [5.41, 5.74) is -0.256. The van der Waals surface area contributed by atoms with Crippen molar-refractivity contribution in [2.24, 2.45) is 0 Å². The summed E-state index contributed by atoms with van der Waals surface area (Å²) in [6, 6.07) is 2.31. The fourth-order valence-corrected chi connectivity index (χ4v) is 2.11. The van der Waals surface area contributed by atoms with Gasteiger partial charge in [-0.3, -0.25) is 0 Å². The Bertz CT molecular complexity index is 512. The van der Waals surface area contributed by atoms with E-state index >= 15 is 0 Å². The van der Waals surface area contributed by atoms with Crippen LogP contribution in [0.25, 0.3) is 0 Å². The van der Waals surface area contributed by atoms with Crippen molar-refractivity contribution in [2.75, 3.05) is 12.0 Å². The summed E-state index contributed by atoms with van der Waals surface area (Å²) in [4.78, 5) is 0. The maximum atomic E-state index is 13.6. The molecule has 17 heavy (non-hydrogen) atoms. The van der Waals surface area contributed by atoms with E-state index in [4.69, 9.17) is 0 Å². The molecule has 0 heterocycles. The lowest BCUT2D eigenvalue weighted by Crippen LogP contribution is -2.11. The lowest BCUT2D eigenvalue weighted by molar-refractivity contribution is 0.164. The summed E-state index contributed by atoms with van der Waals surface area (Å²) in [5.74, 6) is -2.01. The van der Waals surface area contributed by atoms with Crippen LogP contribution in [0.1, 0.15) is 23.7 Å². The van der Waals surface area contributed by atoms with Gasteiger partial charge in [0.1, 0.15) is 21.5 Å². The number of hydrogen-bond acceptors (Lipinski definition) is 3. The zero-order valence-electron chi connectivity index (χ0n) is 9.57. The van der Waals surface area contributed by atoms with Gasteiger partial charge >= 0.3 is 0 Å². The molecule has 0 saturated carbocycles. The highest BCUT2D eigenvalue weighted by Gasteiger charge is 2.20. The molecule has 1 aromatic rings. The second-order valence-corrected chi connectivity index (χ2v) is 6.29. The van der Waals surface area contributed by atoms with Crippen molar-refractivity contribution in [1.82, 2.24) is 0 Å². The highest BCUT2D eigenvalue weighted by molar-refractivity contribution is 7.90. The van der Waals surface area contributed by atoms with Crippen molar-refractivity contribution in [1.29, 1.82) is 0 Å². The molecule has 0 radical (unpaired) electrons. The van der Waals surface area contributed by atoms with Gasteiger partial charge in [-0.05, 0) is 25.0 Å². The first-order chi connectivity index (χ1) is 7.72. The third-order valence-electron chi connectivity index (χ3n) is 2.41. The van der Waals surface area contributed by atoms with Crippen LogP contribution in [0.5, 0.6) is 0 Å². The largest absolute Gasteiger partial charge is 0.388 e. The fourth-order valence-electron chi connectivity index (χ4n) is 1.45. The first-order valence-electron chi connectivity index (χ1n) is 5.02. The molecule has 1 N–H and O–H groups in total. The lowest BCUT2D eigenvalue weighted by atomic mass is 10.0. The van der Waals surface area contributed by atoms with Crippen LogP contribution in [0.4, 0.5) is 8.78 Å². The predicted octanol–water partition coefficient (Wildman–Crippen LogP) is 1.74. The summed E-state index contributed by atoms with van der Waals surface area (Å²) < 4.78 is 48.7. The standard InChI is InChI=1S/C11H14F2O3S/c1-7-3-4-8(12)10(11(7)13)9(14)5-6-17(2,15)16/h3-4,9,14H,5-6H2,1-2H3. The summed E-state index contributed by atoms with van der Waals surface area (Å²) in [6.07, 6.45) is -0.677. The minimum Gasteiger partial charge on any atom is -0.388 e. The van der Waals surface area contributed by atoms with Gasteiger partial charge in [0.2, 0.25) is 0 Å². The minimum absolute atomic E-state index is 0.208. The molecule has 3 nitrogen and oxygen atoms in total. The van der Waals surface area contributed by atoms with E-state index in [-0.39, 0.29) is 17.7 Å². The number of halogens is 2. The van der Waals surface area contributed by atoms with Crippen LogP contribution in [-0.4, -0.2) is 25.5 Å². The molecule has 0 aliphatic heterocycles. The molecule has 0 aliphatic carbocycles. The number of rotatable bonds is 4. The normalized spacial score (nSPS) is 13.7. The number of aliphatic hydroxyl groups is 1. The Kier molecular flexibility index (Phi) is 4.21. The number of aryl methyl sites for hydroxylation is 1. The number of benzene rings is 1. The van der Waals surface area contributed by atoms with Gasteiger partial charge in [-0.2, -0.15) is 0 Å². The number of aliphatic hydroxyl groups excluding tert-OH is 1. The van der Waals surface area contributed by atoms with Crippen molar-refractivity contribution in [2.45, 2.75) is 19.4 Å². The average Bonchev–Trinajstić information content (AvgIpc) is 2.20. The Morgan fingerprint density at radius 1 is 1.35 bits per heavy atom. The second kappa shape index (κ2) is 5.10. The minimum atomic E-state index is -3.27. The van der Waals surface area contributed by atoms with Crippen molar-refractivity contribution < 1.29 is 22.3 Å². The third kappa shape index (κ3) is 3.74. The zero-order valence-corrected chi connectivity index (χ0v) is 10.4. The lowest BCUT2D eigenvalue weighted by Gasteiger charge is -2.13. The van der Waals surface area contributed by atoms with E-state index in [2.05, 4.69) is 0 Å². The fraction of sp³-hybridized carbons (Fsp3) is 0.455. The molecule has 0 spiro atoms. The van der Waals surface area contributed by atoms with Gasteiger partial charge in [-0.1, -0.05) is 6.07 Å². The second-order valence-electron chi connectivity index (χ2n) is 4.03. The van der Waals surface area contributed by atoms with E-state index in [1.165, 1.54) is 13.0 Å². The van der Waals surface area contributed by atoms with E-state index in [0.29, 0.717) is 0 Å². The summed E-state index contributed by atoms with van der Waals surface area (Å²) in [5, 5.41) is 9.63. The van der Waals surface area contributed by atoms with Crippen LogP contribution in [-0.2, 0) is 9.84 Å². The molecule has 0 aliphatic rings. The van der Waals surface area contributed by atoms with Gasteiger partial charge in [0.05, 0.1) is 17.4 Å². The maximum absolute atomic E-state index is 13.6. The smallest absolute Gasteiger partial charge is 0.147 e. The predicted molar refractivity (Wildman–Crippen MR) is 60.4 cm³/mol. The first kappa shape index (κ1) is 14.1. The van der Waals surface area contributed by atoms with E-state index in [0.717, 1.165) is 12.3 Å². The first-order valence-corrected chi connectivity index (χ1v) is 7.08. The molecule has 96 valence electrons. The van der Waals surface area contributed by atoms with Gasteiger partial charge in [0, 0.05) is 6.26 Å². The summed E-state index contributed by atoms with van der Waals surface area (Å²) >= 11 is 0. The highest BCUT2D eigenvalue weighted by Crippen LogP contribution is 2.25. The van der Waals surface area contributed by atoms with E-state index in [1.807, 2.05) is 0 Å². The van der Waals surface area contributed by atoms with Gasteiger partial charge in [0.25, 0.3) is 0 Å². The molecule has 0 amide bonds.